The first-order valence-corrected chi connectivity index (χ1v) is 5.80. The molecule has 0 aromatic rings. The maximum absolute atomic E-state index is 5.47. The van der Waals surface area contributed by atoms with Crippen LogP contribution < -0.4 is 5.32 Å². The van der Waals surface area contributed by atoms with Crippen molar-refractivity contribution in [2.75, 3.05) is 46.6 Å². The number of methoxy groups -OCH3 is 1. The van der Waals surface area contributed by atoms with Gasteiger partial charge in [0.15, 0.2) is 0 Å². The van der Waals surface area contributed by atoms with Crippen molar-refractivity contribution in [2.24, 2.45) is 0 Å². The summed E-state index contributed by atoms with van der Waals surface area (Å²) in [6.45, 7) is 9.94. The minimum absolute atomic E-state index is 0.581. The molecule has 0 aliphatic carbocycles. The summed E-state index contributed by atoms with van der Waals surface area (Å²) in [5.74, 6) is 0. The predicted octanol–water partition coefficient (Wildman–Crippen LogP) is 0.332. The number of hydrogen-bond donors (Lipinski definition) is 1. The van der Waals surface area contributed by atoms with Gasteiger partial charge >= 0.3 is 0 Å². The van der Waals surface area contributed by atoms with E-state index in [1.54, 1.807) is 7.11 Å². The van der Waals surface area contributed by atoms with Crippen molar-refractivity contribution < 1.29 is 9.47 Å². The Balaban J connectivity index is 2.09. The summed E-state index contributed by atoms with van der Waals surface area (Å²) in [5.41, 5.74) is 0. The number of ether oxygens (including phenoxy) is 2. The normalized spacial score (nSPS) is 28.2. The van der Waals surface area contributed by atoms with Crippen LogP contribution in [0.25, 0.3) is 0 Å². The van der Waals surface area contributed by atoms with Gasteiger partial charge in [-0.3, -0.25) is 4.90 Å². The smallest absolute Gasteiger partial charge is 0.0700 e. The summed E-state index contributed by atoms with van der Waals surface area (Å²) >= 11 is 0. The molecule has 2 unspecified atom stereocenters. The second kappa shape index (κ2) is 7.17. The van der Waals surface area contributed by atoms with E-state index in [0.29, 0.717) is 25.3 Å². The molecule has 15 heavy (non-hydrogen) atoms. The first-order chi connectivity index (χ1) is 7.25. The van der Waals surface area contributed by atoms with Crippen LogP contribution in [0.4, 0.5) is 0 Å². The van der Waals surface area contributed by atoms with Gasteiger partial charge < -0.3 is 14.8 Å². The molecule has 1 aliphatic heterocycles. The number of piperazine rings is 1. The lowest BCUT2D eigenvalue weighted by Crippen LogP contribution is -2.55. The van der Waals surface area contributed by atoms with Crippen molar-refractivity contribution in [3.63, 3.8) is 0 Å². The van der Waals surface area contributed by atoms with Crippen LogP contribution in [0, 0.1) is 0 Å². The molecule has 4 nitrogen and oxygen atoms in total. The average Bonchev–Trinajstić information content (AvgIpc) is 2.24. The highest BCUT2D eigenvalue weighted by molar-refractivity contribution is 4.83. The van der Waals surface area contributed by atoms with Crippen LogP contribution in [0.5, 0.6) is 0 Å². The Morgan fingerprint density at radius 2 is 2.07 bits per heavy atom. The topological polar surface area (TPSA) is 33.7 Å². The van der Waals surface area contributed by atoms with Gasteiger partial charge in [0.2, 0.25) is 0 Å². The Labute approximate surface area is 92.9 Å². The number of nitrogens with one attached hydrogen (secondary N) is 1. The maximum Gasteiger partial charge on any atom is 0.0700 e. The fourth-order valence-corrected chi connectivity index (χ4v) is 1.87. The Morgan fingerprint density at radius 1 is 1.27 bits per heavy atom. The lowest BCUT2D eigenvalue weighted by molar-refractivity contribution is 0.0415. The molecule has 0 saturated carbocycles. The zero-order valence-corrected chi connectivity index (χ0v) is 10.2. The molecule has 1 heterocycles. The van der Waals surface area contributed by atoms with E-state index in [1.165, 1.54) is 0 Å². The largest absolute Gasteiger partial charge is 0.382 e. The fraction of sp³-hybridized carbons (Fsp3) is 1.00. The van der Waals surface area contributed by atoms with Crippen LogP contribution in [-0.2, 0) is 9.47 Å². The predicted molar refractivity (Wildman–Crippen MR) is 61.2 cm³/mol. The number of rotatable bonds is 6. The van der Waals surface area contributed by atoms with Gasteiger partial charge in [-0.05, 0) is 13.8 Å². The Morgan fingerprint density at radius 3 is 2.80 bits per heavy atom. The van der Waals surface area contributed by atoms with Gasteiger partial charge in [-0.2, -0.15) is 0 Å². The third-order valence-corrected chi connectivity index (χ3v) is 3.12. The maximum atomic E-state index is 5.47. The van der Waals surface area contributed by atoms with Crippen molar-refractivity contribution in [1.29, 1.82) is 0 Å². The van der Waals surface area contributed by atoms with Gasteiger partial charge in [-0.1, -0.05) is 0 Å². The summed E-state index contributed by atoms with van der Waals surface area (Å²) in [6.07, 6.45) is 0. The molecular weight excluding hydrogens is 192 g/mol. The third-order valence-electron chi connectivity index (χ3n) is 3.12. The standard InChI is InChI=1S/C11H24N2O2/c1-10-11(2)13(5-4-12-10)6-7-15-9-8-14-3/h10-12H,4-9H2,1-3H3. The van der Waals surface area contributed by atoms with Gasteiger partial charge in [-0.25, -0.2) is 0 Å². The van der Waals surface area contributed by atoms with Crippen LogP contribution >= 0.6 is 0 Å². The molecule has 0 amide bonds. The zero-order valence-electron chi connectivity index (χ0n) is 10.2. The second-order valence-corrected chi connectivity index (χ2v) is 4.12. The molecular formula is C11H24N2O2. The van der Waals surface area contributed by atoms with Crippen molar-refractivity contribution in [3.8, 4) is 0 Å². The Kier molecular flexibility index (Phi) is 6.17. The molecule has 0 aromatic heterocycles. The van der Waals surface area contributed by atoms with Gasteiger partial charge in [-0.15, -0.1) is 0 Å². The molecule has 1 aliphatic rings. The Bertz CT molecular complexity index is 167. The molecule has 1 rings (SSSR count). The molecule has 1 saturated heterocycles. The number of nitrogens with zero attached hydrogens (tertiary/aromatic N) is 1. The van der Waals surface area contributed by atoms with Gasteiger partial charge in [0.25, 0.3) is 0 Å². The summed E-state index contributed by atoms with van der Waals surface area (Å²) in [4.78, 5) is 2.48. The van der Waals surface area contributed by atoms with Gasteiger partial charge in [0, 0.05) is 38.8 Å². The first-order valence-electron chi connectivity index (χ1n) is 5.80. The number of hydrogen-bond acceptors (Lipinski definition) is 4. The molecule has 4 heteroatoms. The van der Waals surface area contributed by atoms with Gasteiger partial charge in [0.1, 0.15) is 0 Å². The molecule has 1 N–H and O–H groups in total. The lowest BCUT2D eigenvalue weighted by atomic mass is 10.1. The van der Waals surface area contributed by atoms with E-state index in [0.717, 1.165) is 26.2 Å². The summed E-state index contributed by atoms with van der Waals surface area (Å²) in [6, 6.07) is 1.18. The molecule has 2 atom stereocenters. The van der Waals surface area contributed by atoms with Crippen molar-refractivity contribution in [3.05, 3.63) is 0 Å². The molecule has 90 valence electrons. The summed E-state index contributed by atoms with van der Waals surface area (Å²) < 4.78 is 10.4. The quantitative estimate of drug-likeness (QED) is 0.649. The van der Waals surface area contributed by atoms with Crippen LogP contribution in [0.2, 0.25) is 0 Å². The Hall–Kier alpha value is -0.160. The molecule has 0 bridgehead atoms. The summed E-state index contributed by atoms with van der Waals surface area (Å²) in [7, 11) is 1.70. The molecule has 0 aromatic carbocycles. The van der Waals surface area contributed by atoms with E-state index in [1.807, 2.05) is 0 Å². The van der Waals surface area contributed by atoms with E-state index < -0.39 is 0 Å². The van der Waals surface area contributed by atoms with Crippen molar-refractivity contribution in [1.82, 2.24) is 10.2 Å². The molecule has 0 spiro atoms. The average molecular weight is 216 g/mol. The van der Waals surface area contributed by atoms with E-state index >= 15 is 0 Å². The van der Waals surface area contributed by atoms with E-state index in [4.69, 9.17) is 9.47 Å². The second-order valence-electron chi connectivity index (χ2n) is 4.12. The van der Waals surface area contributed by atoms with E-state index in [2.05, 4.69) is 24.1 Å². The van der Waals surface area contributed by atoms with Crippen LogP contribution in [0.15, 0.2) is 0 Å². The minimum Gasteiger partial charge on any atom is -0.382 e. The first kappa shape index (κ1) is 12.9. The molecule has 0 radical (unpaired) electrons. The monoisotopic (exact) mass is 216 g/mol. The lowest BCUT2D eigenvalue weighted by Gasteiger charge is -2.38. The van der Waals surface area contributed by atoms with Crippen LogP contribution in [0.1, 0.15) is 13.8 Å². The zero-order chi connectivity index (χ0) is 11.1. The highest BCUT2D eigenvalue weighted by atomic mass is 16.5. The SMILES string of the molecule is COCCOCCN1CCNC(C)C1C. The molecule has 1 fully saturated rings. The highest BCUT2D eigenvalue weighted by Gasteiger charge is 2.23. The van der Waals surface area contributed by atoms with Crippen molar-refractivity contribution >= 4 is 0 Å². The van der Waals surface area contributed by atoms with Crippen molar-refractivity contribution in [2.45, 2.75) is 25.9 Å². The highest BCUT2D eigenvalue weighted by Crippen LogP contribution is 2.07. The van der Waals surface area contributed by atoms with E-state index in [-0.39, 0.29) is 0 Å². The minimum atomic E-state index is 0.581. The van der Waals surface area contributed by atoms with Crippen LogP contribution in [0.3, 0.4) is 0 Å². The van der Waals surface area contributed by atoms with Gasteiger partial charge in [0.05, 0.1) is 19.8 Å². The van der Waals surface area contributed by atoms with Crippen LogP contribution in [-0.4, -0.2) is 63.5 Å². The van der Waals surface area contributed by atoms with E-state index in [9.17, 15) is 0 Å². The fourth-order valence-electron chi connectivity index (χ4n) is 1.87. The summed E-state index contributed by atoms with van der Waals surface area (Å²) in [5, 5.41) is 3.47. The third kappa shape index (κ3) is 4.47.